The van der Waals surface area contributed by atoms with E-state index in [1.165, 1.54) is 0 Å². The van der Waals surface area contributed by atoms with E-state index in [0.717, 1.165) is 24.7 Å². The zero-order chi connectivity index (χ0) is 14.1. The van der Waals surface area contributed by atoms with E-state index < -0.39 is 17.1 Å². The molecule has 19 heavy (non-hydrogen) atoms. The van der Waals surface area contributed by atoms with Crippen LogP contribution in [-0.4, -0.2) is 27.9 Å². The molecule has 1 aromatic heterocycles. The molecule has 0 unspecified atom stereocenters. The van der Waals surface area contributed by atoms with Crippen molar-refractivity contribution in [2.45, 2.75) is 44.6 Å². The van der Waals surface area contributed by atoms with Crippen LogP contribution in [0.4, 0.5) is 10.7 Å². The molecule has 1 heterocycles. The Balaban J connectivity index is 2.00. The number of carbonyl (C=O) groups excluding carboxylic acids is 2. The second-order valence-electron chi connectivity index (χ2n) is 5.70. The van der Waals surface area contributed by atoms with Crippen LogP contribution in [0.15, 0.2) is 12.4 Å². The molecule has 6 heteroatoms. The average molecular weight is 263 g/mol. The van der Waals surface area contributed by atoms with Crippen LogP contribution in [0.1, 0.15) is 39.2 Å². The Morgan fingerprint density at radius 3 is 2.37 bits per heavy atom. The fourth-order valence-electron chi connectivity index (χ4n) is 1.65. The Morgan fingerprint density at radius 2 is 1.95 bits per heavy atom. The van der Waals surface area contributed by atoms with Gasteiger partial charge in [0.1, 0.15) is 11.9 Å². The summed E-state index contributed by atoms with van der Waals surface area (Å²) < 4.78 is 5.09. The molecule has 1 saturated carbocycles. The molecule has 1 aromatic rings. The zero-order valence-electron chi connectivity index (χ0n) is 11.3. The number of nitrogens with zero attached hydrogens (tertiary/aromatic N) is 2. The van der Waals surface area contributed by atoms with Gasteiger partial charge in [-0.1, -0.05) is 0 Å². The minimum absolute atomic E-state index is 0.166. The first-order valence-corrected chi connectivity index (χ1v) is 6.13. The molecule has 0 aliphatic heterocycles. The van der Waals surface area contributed by atoms with E-state index in [4.69, 9.17) is 4.74 Å². The van der Waals surface area contributed by atoms with E-state index in [1.54, 1.807) is 33.2 Å². The molecule has 1 aliphatic rings. The van der Waals surface area contributed by atoms with Crippen molar-refractivity contribution in [3.05, 3.63) is 18.0 Å². The molecule has 0 aromatic carbocycles. The van der Waals surface area contributed by atoms with Crippen LogP contribution >= 0.6 is 0 Å². The molecule has 1 N–H and O–H groups in total. The quantitative estimate of drug-likeness (QED) is 0.844. The van der Waals surface area contributed by atoms with Crippen molar-refractivity contribution in [3.8, 4) is 0 Å². The Kier molecular flexibility index (Phi) is 3.26. The standard InChI is InChI=1S/C13H17N3O3/c1-12(2,3)19-11(18)16-10-14-6-9(7-15-10)13(8-17)4-5-13/h6-8H,4-5H2,1-3H3,(H,14,15,16,18). The van der Waals surface area contributed by atoms with Gasteiger partial charge in [0, 0.05) is 18.0 Å². The van der Waals surface area contributed by atoms with E-state index in [9.17, 15) is 9.59 Å². The molecule has 0 atom stereocenters. The highest BCUT2D eigenvalue weighted by Gasteiger charge is 2.44. The van der Waals surface area contributed by atoms with E-state index in [0.29, 0.717) is 0 Å². The number of hydrogen-bond donors (Lipinski definition) is 1. The maximum Gasteiger partial charge on any atom is 0.414 e. The van der Waals surface area contributed by atoms with Gasteiger partial charge in [0.25, 0.3) is 0 Å². The van der Waals surface area contributed by atoms with Crippen molar-refractivity contribution >= 4 is 18.3 Å². The lowest BCUT2D eigenvalue weighted by Crippen LogP contribution is -2.27. The lowest BCUT2D eigenvalue weighted by Gasteiger charge is -2.19. The summed E-state index contributed by atoms with van der Waals surface area (Å²) in [5.41, 5.74) is -0.179. The van der Waals surface area contributed by atoms with Crippen LogP contribution in [0.2, 0.25) is 0 Å². The van der Waals surface area contributed by atoms with Crippen LogP contribution in [0.25, 0.3) is 0 Å². The number of aromatic nitrogens is 2. The lowest BCUT2D eigenvalue weighted by molar-refractivity contribution is -0.109. The van der Waals surface area contributed by atoms with Gasteiger partial charge in [-0.05, 0) is 33.6 Å². The Hall–Kier alpha value is -1.98. The smallest absolute Gasteiger partial charge is 0.414 e. The molecule has 1 amide bonds. The largest absolute Gasteiger partial charge is 0.444 e. The first-order chi connectivity index (χ1) is 8.85. The van der Waals surface area contributed by atoms with Crippen molar-refractivity contribution in [2.24, 2.45) is 0 Å². The van der Waals surface area contributed by atoms with Crippen LogP contribution in [0.5, 0.6) is 0 Å². The number of amides is 1. The van der Waals surface area contributed by atoms with Gasteiger partial charge < -0.3 is 9.53 Å². The molecule has 6 nitrogen and oxygen atoms in total. The molecule has 2 rings (SSSR count). The molecule has 0 radical (unpaired) electrons. The number of ether oxygens (including phenoxy) is 1. The fraction of sp³-hybridized carbons (Fsp3) is 0.538. The third-order valence-corrected chi connectivity index (χ3v) is 2.85. The first-order valence-electron chi connectivity index (χ1n) is 6.13. The third-order valence-electron chi connectivity index (χ3n) is 2.85. The molecule has 102 valence electrons. The molecule has 0 saturated heterocycles. The van der Waals surface area contributed by atoms with Crippen LogP contribution in [-0.2, 0) is 14.9 Å². The molecule has 1 fully saturated rings. The number of rotatable bonds is 3. The lowest BCUT2D eigenvalue weighted by atomic mass is 10.0. The van der Waals surface area contributed by atoms with Gasteiger partial charge in [0.15, 0.2) is 0 Å². The summed E-state index contributed by atoms with van der Waals surface area (Å²) in [7, 11) is 0. The molecular weight excluding hydrogens is 246 g/mol. The van der Waals surface area contributed by atoms with Crippen molar-refractivity contribution < 1.29 is 14.3 Å². The van der Waals surface area contributed by atoms with E-state index >= 15 is 0 Å². The first kappa shape index (κ1) is 13.5. The predicted octanol–water partition coefficient (Wildman–Crippen LogP) is 2.05. The summed E-state index contributed by atoms with van der Waals surface area (Å²) >= 11 is 0. The summed E-state index contributed by atoms with van der Waals surface area (Å²) in [5, 5.41) is 2.44. The SMILES string of the molecule is CC(C)(C)OC(=O)Nc1ncc(C2(C=O)CC2)cn1. The normalized spacial score (nSPS) is 16.6. The number of aldehydes is 1. The minimum Gasteiger partial charge on any atom is -0.444 e. The van der Waals surface area contributed by atoms with Crippen molar-refractivity contribution in [2.75, 3.05) is 5.32 Å². The van der Waals surface area contributed by atoms with Gasteiger partial charge in [-0.3, -0.25) is 5.32 Å². The summed E-state index contributed by atoms with van der Waals surface area (Å²) in [6, 6.07) is 0. The highest BCUT2D eigenvalue weighted by atomic mass is 16.6. The van der Waals surface area contributed by atoms with Crippen molar-refractivity contribution in [1.82, 2.24) is 9.97 Å². The summed E-state index contributed by atoms with van der Waals surface area (Å²) in [5.74, 6) is 0.166. The van der Waals surface area contributed by atoms with Crippen LogP contribution < -0.4 is 5.32 Å². The Morgan fingerprint density at radius 1 is 1.37 bits per heavy atom. The fourth-order valence-corrected chi connectivity index (χ4v) is 1.65. The van der Waals surface area contributed by atoms with Gasteiger partial charge in [-0.15, -0.1) is 0 Å². The summed E-state index contributed by atoms with van der Waals surface area (Å²) in [6.07, 6.45) is 5.14. The highest BCUT2D eigenvalue weighted by Crippen LogP contribution is 2.45. The maximum atomic E-state index is 11.5. The monoisotopic (exact) mass is 263 g/mol. The summed E-state index contributed by atoms with van der Waals surface area (Å²) in [6.45, 7) is 5.33. The average Bonchev–Trinajstić information content (AvgIpc) is 3.08. The Labute approximate surface area is 111 Å². The van der Waals surface area contributed by atoms with Crippen molar-refractivity contribution in [3.63, 3.8) is 0 Å². The minimum atomic E-state index is -0.600. The van der Waals surface area contributed by atoms with Crippen molar-refractivity contribution in [1.29, 1.82) is 0 Å². The second kappa shape index (κ2) is 4.60. The predicted molar refractivity (Wildman–Crippen MR) is 68.9 cm³/mol. The molecular formula is C13H17N3O3. The second-order valence-corrected chi connectivity index (χ2v) is 5.70. The van der Waals surface area contributed by atoms with Gasteiger partial charge in [-0.25, -0.2) is 14.8 Å². The Bertz CT molecular complexity index is 487. The van der Waals surface area contributed by atoms with Gasteiger partial charge in [0.2, 0.25) is 5.95 Å². The topological polar surface area (TPSA) is 81.2 Å². The maximum absolute atomic E-state index is 11.5. The highest BCUT2D eigenvalue weighted by molar-refractivity contribution is 5.82. The van der Waals surface area contributed by atoms with Crippen LogP contribution in [0.3, 0.4) is 0 Å². The zero-order valence-corrected chi connectivity index (χ0v) is 11.3. The molecule has 1 aliphatic carbocycles. The molecule has 0 spiro atoms. The van der Waals surface area contributed by atoms with E-state index in [2.05, 4.69) is 15.3 Å². The van der Waals surface area contributed by atoms with E-state index in [-0.39, 0.29) is 5.95 Å². The van der Waals surface area contributed by atoms with Gasteiger partial charge >= 0.3 is 6.09 Å². The molecule has 0 bridgehead atoms. The summed E-state index contributed by atoms with van der Waals surface area (Å²) in [4.78, 5) is 30.5. The number of carbonyl (C=O) groups is 2. The number of anilines is 1. The number of nitrogens with one attached hydrogen (secondary N) is 1. The van der Waals surface area contributed by atoms with Gasteiger partial charge in [0.05, 0.1) is 5.41 Å². The number of hydrogen-bond acceptors (Lipinski definition) is 5. The van der Waals surface area contributed by atoms with Gasteiger partial charge in [-0.2, -0.15) is 0 Å². The van der Waals surface area contributed by atoms with E-state index in [1.807, 2.05) is 0 Å². The third kappa shape index (κ3) is 3.27. The van der Waals surface area contributed by atoms with Crippen LogP contribution in [0, 0.1) is 0 Å².